The molecule has 2 heterocycles. The van der Waals surface area contributed by atoms with Gasteiger partial charge in [0.1, 0.15) is 0 Å². The second-order valence-corrected chi connectivity index (χ2v) is 5.17. The van der Waals surface area contributed by atoms with Crippen LogP contribution in [-0.2, 0) is 0 Å². The van der Waals surface area contributed by atoms with Crippen molar-refractivity contribution >= 4 is 37.7 Å². The van der Waals surface area contributed by atoms with Gasteiger partial charge in [-0.15, -0.1) is 0 Å². The summed E-state index contributed by atoms with van der Waals surface area (Å²) in [4.78, 5) is 6.18. The van der Waals surface area contributed by atoms with Crippen LogP contribution in [0.15, 0.2) is 16.7 Å². The monoisotopic (exact) mass is 336 g/mol. The van der Waals surface area contributed by atoms with Crippen LogP contribution >= 0.6 is 31.9 Å². The lowest BCUT2D eigenvalue weighted by molar-refractivity contribution is 0.605. The molecule has 2 nitrogen and oxygen atoms in total. The smallest absolute Gasteiger partial charge is 0.166 e. The first-order valence-electron chi connectivity index (χ1n) is 4.86. The molecular weight excluding hydrogens is 327 g/mol. The van der Waals surface area contributed by atoms with Crippen LogP contribution in [0.4, 0.5) is 10.2 Å². The van der Waals surface area contributed by atoms with Gasteiger partial charge in [-0.05, 0) is 34.8 Å². The molecule has 82 valence electrons. The second-order valence-electron chi connectivity index (χ2n) is 3.60. The lowest BCUT2D eigenvalue weighted by Gasteiger charge is -2.24. The standard InChI is InChI=1S/C10H11Br2FN2/c11-5-8-2-1-3-15(8)10-9(13)4-7(12)6-14-10/h4,6,8H,1-3,5H2. The number of rotatable bonds is 2. The SMILES string of the molecule is Fc1cc(Br)cnc1N1CCCC1CBr. The summed E-state index contributed by atoms with van der Waals surface area (Å²) in [5, 5.41) is 0.865. The molecule has 1 aromatic heterocycles. The van der Waals surface area contributed by atoms with Crippen molar-refractivity contribution in [2.75, 3.05) is 16.8 Å². The third-order valence-corrected chi connectivity index (χ3v) is 3.80. The zero-order chi connectivity index (χ0) is 10.8. The maximum absolute atomic E-state index is 13.7. The molecule has 0 spiro atoms. The highest BCUT2D eigenvalue weighted by atomic mass is 79.9. The molecule has 15 heavy (non-hydrogen) atoms. The number of nitrogens with zero attached hydrogens (tertiary/aromatic N) is 2. The molecule has 1 saturated heterocycles. The van der Waals surface area contributed by atoms with Crippen LogP contribution in [0.3, 0.4) is 0 Å². The third kappa shape index (κ3) is 2.33. The number of hydrogen-bond acceptors (Lipinski definition) is 2. The van der Waals surface area contributed by atoms with Gasteiger partial charge in [-0.3, -0.25) is 0 Å². The van der Waals surface area contributed by atoms with Crippen molar-refractivity contribution in [1.82, 2.24) is 4.98 Å². The first kappa shape index (κ1) is 11.3. The average molecular weight is 338 g/mol. The minimum absolute atomic E-state index is 0.253. The van der Waals surface area contributed by atoms with Gasteiger partial charge in [0, 0.05) is 28.6 Å². The number of anilines is 1. The maximum Gasteiger partial charge on any atom is 0.166 e. The van der Waals surface area contributed by atoms with Gasteiger partial charge in [0.2, 0.25) is 0 Å². The Morgan fingerprint density at radius 3 is 3.07 bits per heavy atom. The molecule has 0 aromatic carbocycles. The minimum atomic E-state index is -0.253. The largest absolute Gasteiger partial charge is 0.350 e. The molecule has 1 atom stereocenters. The Kier molecular flexibility index (Phi) is 3.61. The Bertz CT molecular complexity index is 359. The number of halogens is 3. The van der Waals surface area contributed by atoms with Crippen molar-refractivity contribution in [3.63, 3.8) is 0 Å². The second kappa shape index (κ2) is 4.78. The highest BCUT2D eigenvalue weighted by Crippen LogP contribution is 2.28. The van der Waals surface area contributed by atoms with E-state index in [1.54, 1.807) is 6.20 Å². The maximum atomic E-state index is 13.7. The molecule has 0 N–H and O–H groups in total. The van der Waals surface area contributed by atoms with Crippen LogP contribution in [0.5, 0.6) is 0 Å². The molecular formula is C10H11Br2FN2. The summed E-state index contributed by atoms with van der Waals surface area (Å²) in [6, 6.07) is 1.83. The molecule has 0 radical (unpaired) electrons. The minimum Gasteiger partial charge on any atom is -0.350 e. The summed E-state index contributed by atoms with van der Waals surface area (Å²) < 4.78 is 14.3. The Balaban J connectivity index is 2.28. The van der Waals surface area contributed by atoms with E-state index in [2.05, 4.69) is 36.8 Å². The van der Waals surface area contributed by atoms with Crippen molar-refractivity contribution in [1.29, 1.82) is 0 Å². The topological polar surface area (TPSA) is 16.1 Å². The average Bonchev–Trinajstić information content (AvgIpc) is 2.65. The Morgan fingerprint density at radius 1 is 1.60 bits per heavy atom. The first-order chi connectivity index (χ1) is 7.22. The van der Waals surface area contributed by atoms with Crippen LogP contribution in [0.1, 0.15) is 12.8 Å². The van der Waals surface area contributed by atoms with E-state index in [9.17, 15) is 4.39 Å². The molecule has 0 saturated carbocycles. The van der Waals surface area contributed by atoms with Crippen LogP contribution in [0.25, 0.3) is 0 Å². The normalized spacial score (nSPS) is 21.0. The van der Waals surface area contributed by atoms with Crippen molar-refractivity contribution in [2.24, 2.45) is 0 Å². The lowest BCUT2D eigenvalue weighted by atomic mass is 10.2. The molecule has 0 aliphatic carbocycles. The van der Waals surface area contributed by atoms with Gasteiger partial charge >= 0.3 is 0 Å². The van der Waals surface area contributed by atoms with Gasteiger partial charge in [0.25, 0.3) is 0 Å². The summed E-state index contributed by atoms with van der Waals surface area (Å²) >= 11 is 6.66. The van der Waals surface area contributed by atoms with E-state index in [1.807, 2.05) is 4.90 Å². The Morgan fingerprint density at radius 2 is 2.40 bits per heavy atom. The van der Waals surface area contributed by atoms with E-state index in [1.165, 1.54) is 6.07 Å². The first-order valence-corrected chi connectivity index (χ1v) is 6.77. The van der Waals surface area contributed by atoms with Crippen LogP contribution in [-0.4, -0.2) is 22.9 Å². The predicted octanol–water partition coefficient (Wildman–Crippen LogP) is 3.35. The molecule has 1 aromatic rings. The van der Waals surface area contributed by atoms with Crippen LogP contribution in [0, 0.1) is 5.82 Å². The summed E-state index contributed by atoms with van der Waals surface area (Å²) in [5.74, 6) is 0.220. The summed E-state index contributed by atoms with van der Waals surface area (Å²) in [5.41, 5.74) is 0. The van der Waals surface area contributed by atoms with Crippen molar-refractivity contribution in [3.8, 4) is 0 Å². The summed E-state index contributed by atoms with van der Waals surface area (Å²) in [6.07, 6.45) is 3.85. The molecule has 1 unspecified atom stereocenters. The van der Waals surface area contributed by atoms with E-state index in [0.717, 1.165) is 24.7 Å². The fourth-order valence-corrected chi connectivity index (χ4v) is 2.87. The molecule has 2 rings (SSSR count). The molecule has 1 aliphatic heterocycles. The van der Waals surface area contributed by atoms with E-state index in [-0.39, 0.29) is 5.82 Å². The highest BCUT2D eigenvalue weighted by molar-refractivity contribution is 9.10. The van der Waals surface area contributed by atoms with Gasteiger partial charge < -0.3 is 4.90 Å². The Labute approximate surface area is 105 Å². The molecule has 1 fully saturated rings. The number of hydrogen-bond donors (Lipinski definition) is 0. The number of aromatic nitrogens is 1. The zero-order valence-electron chi connectivity index (χ0n) is 8.09. The van der Waals surface area contributed by atoms with Gasteiger partial charge in [-0.1, -0.05) is 15.9 Å². The fraction of sp³-hybridized carbons (Fsp3) is 0.500. The van der Waals surface area contributed by atoms with Crippen molar-refractivity contribution in [3.05, 3.63) is 22.6 Å². The predicted molar refractivity (Wildman–Crippen MR) is 66.1 cm³/mol. The van der Waals surface area contributed by atoms with E-state index >= 15 is 0 Å². The molecule has 0 bridgehead atoms. The quantitative estimate of drug-likeness (QED) is 0.769. The van der Waals surface area contributed by atoms with E-state index in [0.29, 0.717) is 16.3 Å². The van der Waals surface area contributed by atoms with Gasteiger partial charge in [0.15, 0.2) is 11.6 Å². The third-order valence-electron chi connectivity index (χ3n) is 2.62. The van der Waals surface area contributed by atoms with Gasteiger partial charge in [-0.25, -0.2) is 9.37 Å². The van der Waals surface area contributed by atoms with E-state index < -0.39 is 0 Å². The van der Waals surface area contributed by atoms with Crippen LogP contribution in [0.2, 0.25) is 0 Å². The molecule has 1 aliphatic rings. The lowest BCUT2D eigenvalue weighted by Crippen LogP contribution is -2.31. The zero-order valence-corrected chi connectivity index (χ0v) is 11.3. The van der Waals surface area contributed by atoms with Crippen molar-refractivity contribution < 1.29 is 4.39 Å². The van der Waals surface area contributed by atoms with Gasteiger partial charge in [0.05, 0.1) is 0 Å². The highest BCUT2D eigenvalue weighted by Gasteiger charge is 2.26. The van der Waals surface area contributed by atoms with Crippen molar-refractivity contribution in [2.45, 2.75) is 18.9 Å². The van der Waals surface area contributed by atoms with Crippen LogP contribution < -0.4 is 4.90 Å². The summed E-state index contributed by atoms with van der Waals surface area (Å²) in [6.45, 7) is 0.891. The number of pyridine rings is 1. The Hall–Kier alpha value is -0.160. The fourth-order valence-electron chi connectivity index (χ4n) is 1.89. The summed E-state index contributed by atoms with van der Waals surface area (Å²) in [7, 11) is 0. The van der Waals surface area contributed by atoms with Gasteiger partial charge in [-0.2, -0.15) is 0 Å². The number of alkyl halides is 1. The van der Waals surface area contributed by atoms with E-state index in [4.69, 9.17) is 0 Å². The molecule has 0 amide bonds. The molecule has 5 heteroatoms.